The van der Waals surface area contributed by atoms with Gasteiger partial charge in [0, 0.05) is 5.56 Å². The van der Waals surface area contributed by atoms with Crippen LogP contribution >= 0.6 is 0 Å². The van der Waals surface area contributed by atoms with Crippen LogP contribution in [0, 0.1) is 5.82 Å². The van der Waals surface area contributed by atoms with Gasteiger partial charge in [-0.2, -0.15) is 0 Å². The Hall–Kier alpha value is -2.98. The lowest BCUT2D eigenvalue weighted by Gasteiger charge is -2.17. The number of sulfone groups is 1. The number of ether oxygens (including phenoxy) is 1. The summed E-state index contributed by atoms with van der Waals surface area (Å²) in [6, 6.07) is 5.20. The molecule has 1 unspecified atom stereocenters. The van der Waals surface area contributed by atoms with Crippen LogP contribution in [0.5, 0.6) is 11.5 Å². The lowest BCUT2D eigenvalue weighted by atomic mass is 10.0. The molecule has 1 atom stereocenters. The zero-order valence-electron chi connectivity index (χ0n) is 17.0. The number of hydrogen-bond donors (Lipinski definition) is 3. The molecule has 3 N–H and O–H groups in total. The molecule has 31 heavy (non-hydrogen) atoms. The summed E-state index contributed by atoms with van der Waals surface area (Å²) in [5.74, 6) is -3.87. The average molecular weight is 454 g/mol. The van der Waals surface area contributed by atoms with Gasteiger partial charge < -0.3 is 20.1 Å². The number of carboxylic acids is 1. The van der Waals surface area contributed by atoms with E-state index < -0.39 is 50.5 Å². The summed E-state index contributed by atoms with van der Waals surface area (Å²) in [5, 5.41) is 29.3. The molecule has 0 aliphatic carbocycles. The number of carbonyl (C=O) groups excluding carboxylic acids is 1. The van der Waals surface area contributed by atoms with E-state index in [-0.39, 0.29) is 22.8 Å². The van der Waals surface area contributed by atoms with Crippen LogP contribution in [-0.4, -0.2) is 54.0 Å². The van der Waals surface area contributed by atoms with Gasteiger partial charge in [-0.3, -0.25) is 4.79 Å². The van der Waals surface area contributed by atoms with Gasteiger partial charge in [-0.25, -0.2) is 17.6 Å². The van der Waals surface area contributed by atoms with E-state index >= 15 is 0 Å². The van der Waals surface area contributed by atoms with Gasteiger partial charge in [0.25, 0.3) is 0 Å². The lowest BCUT2D eigenvalue weighted by molar-refractivity contribution is 0.0695. The van der Waals surface area contributed by atoms with Crippen LogP contribution in [0.1, 0.15) is 46.5 Å². The summed E-state index contributed by atoms with van der Waals surface area (Å²) >= 11 is 0. The molecule has 0 aromatic heterocycles. The molecule has 0 saturated heterocycles. The molecule has 0 aliphatic heterocycles. The monoisotopic (exact) mass is 454 g/mol. The minimum atomic E-state index is -4.28. The Kier molecular flexibility index (Phi) is 7.75. The van der Waals surface area contributed by atoms with Crippen molar-refractivity contribution in [3.05, 3.63) is 52.8 Å². The second-order valence-electron chi connectivity index (χ2n) is 6.94. The van der Waals surface area contributed by atoms with Crippen molar-refractivity contribution in [2.75, 3.05) is 12.4 Å². The van der Waals surface area contributed by atoms with E-state index in [0.29, 0.717) is 24.5 Å². The Balaban J connectivity index is 2.16. The summed E-state index contributed by atoms with van der Waals surface area (Å²) < 4.78 is 44.4. The van der Waals surface area contributed by atoms with Gasteiger partial charge in [-0.1, -0.05) is 13.3 Å². The van der Waals surface area contributed by atoms with Crippen molar-refractivity contribution in [3.8, 4) is 11.5 Å². The maximum atomic E-state index is 14.1. The number of aromatic hydroxyl groups is 1. The number of rotatable bonds is 10. The molecular weight excluding hydrogens is 431 g/mol. The summed E-state index contributed by atoms with van der Waals surface area (Å²) in [5.41, 5.74) is 0.0809. The highest BCUT2D eigenvalue weighted by molar-refractivity contribution is 7.91. The van der Waals surface area contributed by atoms with Gasteiger partial charge in [0.05, 0.1) is 16.9 Å². The highest BCUT2D eigenvalue weighted by Gasteiger charge is 2.25. The maximum absolute atomic E-state index is 14.1. The van der Waals surface area contributed by atoms with Gasteiger partial charge in [0.2, 0.25) is 0 Å². The van der Waals surface area contributed by atoms with Crippen molar-refractivity contribution in [2.24, 2.45) is 0 Å². The number of Topliss-reactive ketones (excluding diaryl/α,β-unsaturated/α-hetero) is 1. The van der Waals surface area contributed by atoms with Gasteiger partial charge in [-0.05, 0) is 43.7 Å². The molecule has 0 bridgehead atoms. The van der Waals surface area contributed by atoms with Crippen molar-refractivity contribution in [2.45, 2.75) is 37.7 Å². The second-order valence-corrected chi connectivity index (χ2v) is 8.94. The molecule has 0 fully saturated rings. The standard InChI is InChI=1S/C21H23FO8S/c1-3-4-16-18(7-6-15(12(2)23)20(16)25)30-10-14(24)11-31(28,29)19-8-5-13(21(26)27)9-17(19)22/h5-9,14,24-25H,3-4,10-11H2,1-2H3,(H,26,27). The third-order valence-electron chi connectivity index (χ3n) is 4.48. The number of carboxylic acid groups (broad SMARTS) is 1. The first-order chi connectivity index (χ1) is 14.5. The predicted molar refractivity (Wildman–Crippen MR) is 109 cm³/mol. The number of halogens is 1. The summed E-state index contributed by atoms with van der Waals surface area (Å²) in [6.45, 7) is 2.70. The molecule has 8 nitrogen and oxygen atoms in total. The average Bonchev–Trinajstić information content (AvgIpc) is 2.67. The van der Waals surface area contributed by atoms with Crippen molar-refractivity contribution >= 4 is 21.6 Å². The Bertz CT molecular complexity index is 1090. The molecule has 0 heterocycles. The maximum Gasteiger partial charge on any atom is 0.335 e. The second kappa shape index (κ2) is 9.88. The number of aliphatic hydroxyl groups is 1. The number of phenols is 1. The van der Waals surface area contributed by atoms with Crippen molar-refractivity contribution in [1.82, 2.24) is 0 Å². The molecule has 0 spiro atoms. The molecule has 168 valence electrons. The van der Waals surface area contributed by atoms with Gasteiger partial charge in [0.15, 0.2) is 15.6 Å². The smallest absolute Gasteiger partial charge is 0.335 e. The number of aromatic carboxylic acids is 1. The highest BCUT2D eigenvalue weighted by atomic mass is 32.2. The number of carbonyl (C=O) groups is 2. The summed E-state index contributed by atoms with van der Waals surface area (Å²) in [6.07, 6.45) is -0.515. The SMILES string of the molecule is CCCc1c(OCC(O)CS(=O)(=O)c2ccc(C(=O)O)cc2F)ccc(C(C)=O)c1O. The predicted octanol–water partition coefficient (Wildman–Crippen LogP) is 2.60. The normalized spacial score (nSPS) is 12.4. The Morgan fingerprint density at radius 1 is 1.19 bits per heavy atom. The number of aliphatic hydroxyl groups excluding tert-OH is 1. The van der Waals surface area contributed by atoms with E-state index in [0.717, 1.165) is 12.1 Å². The van der Waals surface area contributed by atoms with E-state index in [1.165, 1.54) is 19.1 Å². The van der Waals surface area contributed by atoms with Crippen LogP contribution in [0.15, 0.2) is 35.2 Å². The number of phenolic OH excluding ortho intramolecular Hbond substituents is 1. The summed E-state index contributed by atoms with van der Waals surface area (Å²) in [7, 11) is -4.28. The van der Waals surface area contributed by atoms with Crippen molar-refractivity contribution in [3.63, 3.8) is 0 Å². The number of hydrogen-bond acceptors (Lipinski definition) is 7. The van der Waals surface area contributed by atoms with Gasteiger partial charge in [0.1, 0.15) is 34.9 Å². The Morgan fingerprint density at radius 2 is 1.87 bits per heavy atom. The first kappa shape index (κ1) is 24.3. The lowest BCUT2D eigenvalue weighted by Crippen LogP contribution is -2.28. The van der Waals surface area contributed by atoms with E-state index in [4.69, 9.17) is 9.84 Å². The minimum absolute atomic E-state index is 0.124. The molecule has 0 aliphatic rings. The van der Waals surface area contributed by atoms with Crippen molar-refractivity contribution in [1.29, 1.82) is 0 Å². The van der Waals surface area contributed by atoms with Crippen LogP contribution in [0.25, 0.3) is 0 Å². The zero-order valence-corrected chi connectivity index (χ0v) is 17.8. The molecular formula is C21H23FO8S. The van der Waals surface area contributed by atoms with E-state index in [9.17, 15) is 32.6 Å². The molecule has 2 aromatic rings. The quantitative estimate of drug-likeness (QED) is 0.466. The van der Waals surface area contributed by atoms with Gasteiger partial charge >= 0.3 is 5.97 Å². The molecule has 2 rings (SSSR count). The fraction of sp³-hybridized carbons (Fsp3) is 0.333. The molecule has 0 amide bonds. The van der Waals surface area contributed by atoms with Crippen LogP contribution in [0.2, 0.25) is 0 Å². The number of ketones is 1. The topological polar surface area (TPSA) is 138 Å². The number of benzene rings is 2. The van der Waals surface area contributed by atoms with Crippen LogP contribution < -0.4 is 4.74 Å². The van der Waals surface area contributed by atoms with Crippen LogP contribution in [0.3, 0.4) is 0 Å². The zero-order chi connectivity index (χ0) is 23.3. The first-order valence-electron chi connectivity index (χ1n) is 9.40. The van der Waals surface area contributed by atoms with E-state index in [1.807, 2.05) is 6.92 Å². The molecule has 2 aromatic carbocycles. The minimum Gasteiger partial charge on any atom is -0.507 e. The van der Waals surface area contributed by atoms with Crippen LogP contribution in [0.4, 0.5) is 4.39 Å². The molecule has 0 saturated carbocycles. The third-order valence-corrected chi connectivity index (χ3v) is 6.30. The largest absolute Gasteiger partial charge is 0.507 e. The highest BCUT2D eigenvalue weighted by Crippen LogP contribution is 2.33. The molecule has 10 heteroatoms. The van der Waals surface area contributed by atoms with Gasteiger partial charge in [-0.15, -0.1) is 0 Å². The Labute approximate surface area is 178 Å². The molecule has 0 radical (unpaired) electrons. The van der Waals surface area contributed by atoms with E-state index in [2.05, 4.69) is 0 Å². The summed E-state index contributed by atoms with van der Waals surface area (Å²) in [4.78, 5) is 21.7. The first-order valence-corrected chi connectivity index (χ1v) is 11.0. The van der Waals surface area contributed by atoms with Crippen LogP contribution in [-0.2, 0) is 16.3 Å². The Morgan fingerprint density at radius 3 is 2.42 bits per heavy atom. The fourth-order valence-corrected chi connectivity index (χ4v) is 4.41. The fourth-order valence-electron chi connectivity index (χ4n) is 2.99. The van der Waals surface area contributed by atoms with Crippen molar-refractivity contribution < 1.29 is 42.5 Å². The van der Waals surface area contributed by atoms with E-state index in [1.54, 1.807) is 0 Å². The third kappa shape index (κ3) is 5.80.